The molecule has 1 aromatic carbocycles. The molecule has 1 aliphatic rings. The first-order valence-corrected chi connectivity index (χ1v) is 13.1. The van der Waals surface area contributed by atoms with Crippen molar-refractivity contribution in [1.29, 1.82) is 0 Å². The number of hydrogen-bond donors (Lipinski definition) is 0. The van der Waals surface area contributed by atoms with Gasteiger partial charge < -0.3 is 14.2 Å². The van der Waals surface area contributed by atoms with Crippen LogP contribution >= 0.6 is 11.3 Å². The minimum atomic E-state index is -3.35. The first-order chi connectivity index (χ1) is 15.4. The fraction of sp³-hybridized carbons (Fsp3) is 0.435. The summed E-state index contributed by atoms with van der Waals surface area (Å²) in [6, 6.07) is 13.7. The van der Waals surface area contributed by atoms with Gasteiger partial charge in [-0.2, -0.15) is 0 Å². The third-order valence-corrected chi connectivity index (χ3v) is 7.72. The van der Waals surface area contributed by atoms with Crippen LogP contribution < -0.4 is 0 Å². The quantitative estimate of drug-likeness (QED) is 0.431. The van der Waals surface area contributed by atoms with Crippen LogP contribution in [0.15, 0.2) is 54.5 Å². The molecular weight excluding hydrogens is 450 g/mol. The van der Waals surface area contributed by atoms with Crippen LogP contribution in [0.1, 0.15) is 33.0 Å². The Morgan fingerprint density at radius 3 is 2.62 bits per heavy atom. The smallest absolute Gasteiger partial charge is 0.348 e. The van der Waals surface area contributed by atoms with Gasteiger partial charge in [0.25, 0.3) is 0 Å². The van der Waals surface area contributed by atoms with Crippen LogP contribution in [0, 0.1) is 5.92 Å². The second-order valence-electron chi connectivity index (χ2n) is 7.65. The molecule has 1 aliphatic heterocycles. The van der Waals surface area contributed by atoms with Crippen LogP contribution in [-0.2, 0) is 37.1 Å². The first-order valence-electron chi connectivity index (χ1n) is 10.5. The number of sulfonamides is 1. The topological polar surface area (TPSA) is 82.1 Å². The van der Waals surface area contributed by atoms with Gasteiger partial charge in [0.2, 0.25) is 16.8 Å². The number of methoxy groups -OCH3 is 1. The molecule has 3 rings (SSSR count). The van der Waals surface area contributed by atoms with Crippen molar-refractivity contribution in [3.8, 4) is 0 Å². The van der Waals surface area contributed by atoms with E-state index in [4.69, 9.17) is 14.2 Å². The van der Waals surface area contributed by atoms with Gasteiger partial charge in [0.05, 0.1) is 13.4 Å². The van der Waals surface area contributed by atoms with E-state index in [9.17, 15) is 13.2 Å². The number of carbonyl (C=O) groups is 1. The summed E-state index contributed by atoms with van der Waals surface area (Å²) >= 11 is 1.38. The molecule has 174 valence electrons. The Kier molecular flexibility index (Phi) is 8.72. The summed E-state index contributed by atoms with van der Waals surface area (Å²) in [5.41, 5.74) is 1.17. The van der Waals surface area contributed by atoms with Crippen molar-refractivity contribution in [3.05, 3.63) is 69.8 Å². The third-order valence-electron chi connectivity index (χ3n) is 5.30. The van der Waals surface area contributed by atoms with Gasteiger partial charge in [0, 0.05) is 23.9 Å². The monoisotopic (exact) mass is 479 g/mol. The summed E-state index contributed by atoms with van der Waals surface area (Å²) in [4.78, 5) is 13.2. The van der Waals surface area contributed by atoms with Gasteiger partial charge in [0.1, 0.15) is 16.9 Å². The Bertz CT molecular complexity index is 1020. The lowest BCUT2D eigenvalue weighted by atomic mass is 9.94. The van der Waals surface area contributed by atoms with Gasteiger partial charge in [-0.3, -0.25) is 0 Å². The highest BCUT2D eigenvalue weighted by molar-refractivity contribution is 7.88. The summed E-state index contributed by atoms with van der Waals surface area (Å²) < 4.78 is 41.9. The lowest BCUT2D eigenvalue weighted by molar-refractivity contribution is 0.0606. The Labute approximate surface area is 193 Å². The second-order valence-corrected chi connectivity index (χ2v) is 10.8. The lowest BCUT2D eigenvalue weighted by Crippen LogP contribution is -2.33. The predicted octanol–water partition coefficient (Wildman–Crippen LogP) is 3.82. The van der Waals surface area contributed by atoms with E-state index in [1.54, 1.807) is 12.3 Å². The highest BCUT2D eigenvalue weighted by Gasteiger charge is 2.24. The largest absolute Gasteiger partial charge is 0.465 e. The molecule has 0 spiro atoms. The highest BCUT2D eigenvalue weighted by Crippen LogP contribution is 2.26. The Morgan fingerprint density at radius 1 is 1.19 bits per heavy atom. The van der Waals surface area contributed by atoms with E-state index >= 15 is 0 Å². The maximum atomic E-state index is 12.4. The van der Waals surface area contributed by atoms with Gasteiger partial charge in [-0.1, -0.05) is 30.3 Å². The van der Waals surface area contributed by atoms with Gasteiger partial charge in [-0.05, 0) is 43.4 Å². The van der Waals surface area contributed by atoms with Crippen molar-refractivity contribution in [2.75, 3.05) is 33.2 Å². The van der Waals surface area contributed by atoms with Crippen molar-refractivity contribution in [1.82, 2.24) is 4.31 Å². The van der Waals surface area contributed by atoms with Crippen molar-refractivity contribution in [2.24, 2.45) is 5.92 Å². The summed E-state index contributed by atoms with van der Waals surface area (Å²) in [5.74, 6) is 0.441. The molecular formula is C23H29NO6S2. The van der Waals surface area contributed by atoms with E-state index in [1.165, 1.54) is 34.6 Å². The van der Waals surface area contributed by atoms with Crippen molar-refractivity contribution >= 4 is 27.3 Å². The fourth-order valence-electron chi connectivity index (χ4n) is 3.61. The zero-order valence-corrected chi connectivity index (χ0v) is 20.0. The number of hydrogen-bond acceptors (Lipinski definition) is 7. The molecule has 9 heteroatoms. The number of esters is 1. The number of rotatable bonds is 12. The lowest BCUT2D eigenvalue weighted by Gasteiger charge is -2.23. The molecule has 0 aliphatic carbocycles. The van der Waals surface area contributed by atoms with Crippen LogP contribution in [0.5, 0.6) is 0 Å². The summed E-state index contributed by atoms with van der Waals surface area (Å²) in [6.07, 6.45) is 5.62. The van der Waals surface area contributed by atoms with Crippen LogP contribution in [0.2, 0.25) is 0 Å². The summed E-state index contributed by atoms with van der Waals surface area (Å²) in [6.45, 7) is 1.01. The number of thiophene rings is 1. The minimum absolute atomic E-state index is 0.0315. The van der Waals surface area contributed by atoms with Crippen molar-refractivity contribution in [3.63, 3.8) is 0 Å². The number of benzene rings is 1. The van der Waals surface area contributed by atoms with Crippen molar-refractivity contribution < 1.29 is 27.4 Å². The number of carbonyl (C=O) groups excluding carboxylic acids is 1. The standard InChI is InChI=1S/C23H29NO6S2/c1-28-23(25)22-11-10-20(31-22)9-6-13-24(32(2,26)27)14-12-19(21-16-29-17-30-21)15-18-7-4-3-5-8-18/h3-5,7-8,10-11,16,19H,6,9,12-15,17H2,1-2H3. The average molecular weight is 480 g/mol. The molecule has 0 N–H and O–H groups in total. The molecule has 1 aromatic heterocycles. The van der Waals surface area contributed by atoms with E-state index in [2.05, 4.69) is 12.1 Å². The summed E-state index contributed by atoms with van der Waals surface area (Å²) in [5, 5.41) is 0. The fourth-order valence-corrected chi connectivity index (χ4v) is 5.47. The SMILES string of the molecule is COC(=O)c1ccc(CCCN(CCC(Cc2ccccc2)C2=COCO2)S(C)(=O)=O)s1. The zero-order valence-electron chi connectivity index (χ0n) is 18.4. The zero-order chi connectivity index (χ0) is 23.0. The molecule has 1 atom stereocenters. The first kappa shape index (κ1) is 24.3. The third kappa shape index (κ3) is 7.08. The second kappa shape index (κ2) is 11.5. The number of allylic oxidation sites excluding steroid dienone is 1. The van der Waals surface area contributed by atoms with E-state index in [0.29, 0.717) is 37.2 Å². The van der Waals surface area contributed by atoms with Crippen molar-refractivity contribution in [2.45, 2.75) is 25.7 Å². The average Bonchev–Trinajstić information content (AvgIpc) is 3.47. The molecule has 0 bridgehead atoms. The van der Waals surface area contributed by atoms with E-state index in [1.807, 2.05) is 24.3 Å². The molecule has 0 saturated heterocycles. The van der Waals surface area contributed by atoms with Crippen LogP contribution in [0.3, 0.4) is 0 Å². The normalized spacial score (nSPS) is 14.5. The molecule has 0 amide bonds. The molecule has 7 nitrogen and oxygen atoms in total. The molecule has 2 heterocycles. The molecule has 0 saturated carbocycles. The van der Waals surface area contributed by atoms with Gasteiger partial charge in [0.15, 0.2) is 0 Å². The molecule has 1 unspecified atom stereocenters. The number of ether oxygens (including phenoxy) is 3. The van der Waals surface area contributed by atoms with Crippen LogP contribution in [0.25, 0.3) is 0 Å². The van der Waals surface area contributed by atoms with Crippen LogP contribution in [-0.4, -0.2) is 51.9 Å². The minimum Gasteiger partial charge on any atom is -0.465 e. The molecule has 2 aromatic rings. The highest BCUT2D eigenvalue weighted by atomic mass is 32.2. The van der Waals surface area contributed by atoms with Gasteiger partial charge in [-0.25, -0.2) is 17.5 Å². The van der Waals surface area contributed by atoms with Gasteiger partial charge >= 0.3 is 5.97 Å². The van der Waals surface area contributed by atoms with Crippen LogP contribution in [0.4, 0.5) is 0 Å². The van der Waals surface area contributed by atoms with E-state index in [-0.39, 0.29) is 18.7 Å². The Hall–Kier alpha value is -2.36. The maximum absolute atomic E-state index is 12.4. The maximum Gasteiger partial charge on any atom is 0.348 e. The summed E-state index contributed by atoms with van der Waals surface area (Å²) in [7, 11) is -2.00. The van der Waals surface area contributed by atoms with Gasteiger partial charge in [-0.15, -0.1) is 11.3 Å². The molecule has 0 fully saturated rings. The molecule has 32 heavy (non-hydrogen) atoms. The Morgan fingerprint density at radius 2 is 1.97 bits per heavy atom. The number of nitrogens with zero attached hydrogens (tertiary/aromatic N) is 1. The van der Waals surface area contributed by atoms with E-state index < -0.39 is 10.0 Å². The number of aryl methyl sites for hydroxylation is 1. The Balaban J connectivity index is 1.58. The molecule has 0 radical (unpaired) electrons. The van der Waals surface area contributed by atoms with E-state index in [0.717, 1.165) is 17.1 Å². The predicted molar refractivity (Wildman–Crippen MR) is 124 cm³/mol.